The Labute approximate surface area is 122 Å². The molecule has 1 aromatic heterocycles. The molecule has 1 amide bonds. The predicted octanol–water partition coefficient (Wildman–Crippen LogP) is 2.78. The van der Waals surface area contributed by atoms with E-state index in [9.17, 15) is 9.59 Å². The molecule has 1 rings (SSSR count). The fourth-order valence-corrected chi connectivity index (χ4v) is 1.68. The number of halogens is 1. The molecule has 0 fully saturated rings. The number of nitrogens with one attached hydrogen (secondary N) is 1. The van der Waals surface area contributed by atoms with Crippen molar-refractivity contribution in [3.05, 3.63) is 29.0 Å². The maximum Gasteiger partial charge on any atom is 0.408 e. The van der Waals surface area contributed by atoms with Crippen LogP contribution in [0.2, 0.25) is 5.02 Å². The van der Waals surface area contributed by atoms with Crippen LogP contribution in [-0.4, -0.2) is 27.8 Å². The molecule has 0 aliphatic heterocycles. The second-order valence-electron chi connectivity index (χ2n) is 5.23. The number of aliphatic carboxylic acids is 1. The molecule has 20 heavy (non-hydrogen) atoms. The zero-order valence-corrected chi connectivity index (χ0v) is 12.3. The fraction of sp³-hybridized carbons (Fsp3) is 0.462. The molecule has 0 radical (unpaired) electrons. The summed E-state index contributed by atoms with van der Waals surface area (Å²) in [5, 5.41) is 11.8. The number of carboxylic acid groups (broad SMARTS) is 1. The summed E-state index contributed by atoms with van der Waals surface area (Å²) < 4.78 is 5.11. The third kappa shape index (κ3) is 5.88. The van der Waals surface area contributed by atoms with E-state index in [1.165, 1.54) is 12.4 Å². The quantitative estimate of drug-likeness (QED) is 0.892. The monoisotopic (exact) mass is 300 g/mol. The number of amides is 1. The summed E-state index contributed by atoms with van der Waals surface area (Å²) >= 11 is 5.81. The second kappa shape index (κ2) is 6.56. The Kier molecular flexibility index (Phi) is 5.33. The van der Waals surface area contributed by atoms with Gasteiger partial charge in [-0.25, -0.2) is 4.79 Å². The summed E-state index contributed by atoms with van der Waals surface area (Å²) in [4.78, 5) is 26.5. The minimum Gasteiger partial charge on any atom is -0.481 e. The summed E-state index contributed by atoms with van der Waals surface area (Å²) in [6.07, 6.45) is 1.90. The van der Waals surface area contributed by atoms with Gasteiger partial charge < -0.3 is 15.2 Å². The van der Waals surface area contributed by atoms with Crippen molar-refractivity contribution < 1.29 is 19.4 Å². The van der Waals surface area contributed by atoms with Crippen LogP contribution < -0.4 is 5.32 Å². The van der Waals surface area contributed by atoms with Crippen molar-refractivity contribution in [1.82, 2.24) is 10.3 Å². The molecule has 6 nitrogen and oxygen atoms in total. The number of ether oxygens (including phenoxy) is 1. The SMILES string of the molecule is CC(C)(C)OC(=O)N[C@H](CC(=O)O)c1cncc(Cl)c1. The van der Waals surface area contributed by atoms with Gasteiger partial charge in [-0.2, -0.15) is 0 Å². The van der Waals surface area contributed by atoms with E-state index in [0.29, 0.717) is 10.6 Å². The highest BCUT2D eigenvalue weighted by molar-refractivity contribution is 6.30. The molecular formula is C13H17ClN2O4. The van der Waals surface area contributed by atoms with Gasteiger partial charge in [0.2, 0.25) is 0 Å². The van der Waals surface area contributed by atoms with Gasteiger partial charge in [-0.15, -0.1) is 0 Å². The molecule has 0 aromatic carbocycles. The molecule has 1 aromatic rings. The Bertz CT molecular complexity index is 499. The number of carbonyl (C=O) groups excluding carboxylic acids is 1. The van der Waals surface area contributed by atoms with Crippen LogP contribution in [0.15, 0.2) is 18.5 Å². The molecular weight excluding hydrogens is 284 g/mol. The normalized spacial score (nSPS) is 12.6. The Morgan fingerprint density at radius 3 is 2.60 bits per heavy atom. The van der Waals surface area contributed by atoms with Gasteiger partial charge >= 0.3 is 12.1 Å². The summed E-state index contributed by atoms with van der Waals surface area (Å²) in [5.74, 6) is -1.05. The van der Waals surface area contributed by atoms with E-state index >= 15 is 0 Å². The van der Waals surface area contributed by atoms with Gasteiger partial charge in [-0.3, -0.25) is 9.78 Å². The Hall–Kier alpha value is -1.82. The zero-order valence-electron chi connectivity index (χ0n) is 11.5. The van der Waals surface area contributed by atoms with Crippen LogP contribution in [0.4, 0.5) is 4.79 Å². The largest absolute Gasteiger partial charge is 0.481 e. The van der Waals surface area contributed by atoms with Gasteiger partial charge in [0.05, 0.1) is 17.5 Å². The summed E-state index contributed by atoms with van der Waals surface area (Å²) in [7, 11) is 0. The van der Waals surface area contributed by atoms with Gasteiger partial charge in [0.15, 0.2) is 0 Å². The number of aromatic nitrogens is 1. The van der Waals surface area contributed by atoms with Gasteiger partial charge in [0.25, 0.3) is 0 Å². The Morgan fingerprint density at radius 1 is 1.45 bits per heavy atom. The van der Waals surface area contributed by atoms with Crippen LogP contribution in [0.25, 0.3) is 0 Å². The molecule has 0 saturated heterocycles. The van der Waals surface area contributed by atoms with Crippen LogP contribution in [-0.2, 0) is 9.53 Å². The van der Waals surface area contributed by atoms with Crippen LogP contribution in [0.1, 0.15) is 38.8 Å². The van der Waals surface area contributed by atoms with Crippen LogP contribution in [0, 0.1) is 0 Å². The van der Waals surface area contributed by atoms with Gasteiger partial charge in [0, 0.05) is 12.4 Å². The first kappa shape index (κ1) is 16.2. The Balaban J connectivity index is 2.85. The minimum atomic E-state index is -1.05. The zero-order chi connectivity index (χ0) is 15.3. The van der Waals surface area contributed by atoms with Crippen molar-refractivity contribution in [1.29, 1.82) is 0 Å². The van der Waals surface area contributed by atoms with E-state index in [0.717, 1.165) is 0 Å². The van der Waals surface area contributed by atoms with Gasteiger partial charge in [0.1, 0.15) is 5.60 Å². The number of hydrogen-bond donors (Lipinski definition) is 2. The molecule has 0 bridgehead atoms. The van der Waals surface area contributed by atoms with E-state index in [1.807, 2.05) is 0 Å². The second-order valence-corrected chi connectivity index (χ2v) is 5.67. The molecule has 0 unspecified atom stereocenters. The minimum absolute atomic E-state index is 0.290. The van der Waals surface area contributed by atoms with Crippen molar-refractivity contribution in [3.8, 4) is 0 Å². The van der Waals surface area contributed by atoms with Gasteiger partial charge in [-0.1, -0.05) is 11.6 Å². The number of pyridine rings is 1. The standard InChI is InChI=1S/C13H17ClN2O4/c1-13(2,3)20-12(19)16-10(5-11(17)18)8-4-9(14)7-15-6-8/h4,6-7,10H,5H2,1-3H3,(H,16,19)(H,17,18)/t10-/m1/s1. The molecule has 0 aliphatic rings. The molecule has 7 heteroatoms. The highest BCUT2D eigenvalue weighted by Crippen LogP contribution is 2.20. The van der Waals surface area contributed by atoms with Crippen LogP contribution >= 0.6 is 11.6 Å². The number of nitrogens with zero attached hydrogens (tertiary/aromatic N) is 1. The lowest BCUT2D eigenvalue weighted by Crippen LogP contribution is -2.35. The Morgan fingerprint density at radius 2 is 2.10 bits per heavy atom. The molecule has 1 heterocycles. The van der Waals surface area contributed by atoms with Crippen molar-refractivity contribution in [2.24, 2.45) is 0 Å². The van der Waals surface area contributed by atoms with Crippen LogP contribution in [0.5, 0.6) is 0 Å². The third-order valence-corrected chi connectivity index (χ3v) is 2.40. The lowest BCUT2D eigenvalue weighted by Gasteiger charge is -2.23. The lowest BCUT2D eigenvalue weighted by molar-refractivity contribution is -0.137. The average molecular weight is 301 g/mol. The number of rotatable bonds is 4. The number of carboxylic acids is 1. The average Bonchev–Trinajstić information content (AvgIpc) is 2.24. The summed E-state index contributed by atoms with van der Waals surface area (Å²) in [5.41, 5.74) is -0.157. The van der Waals surface area contributed by atoms with E-state index < -0.39 is 23.7 Å². The molecule has 0 aliphatic carbocycles. The highest BCUT2D eigenvalue weighted by atomic mass is 35.5. The highest BCUT2D eigenvalue weighted by Gasteiger charge is 2.22. The number of hydrogen-bond acceptors (Lipinski definition) is 4. The van der Waals surface area contributed by atoms with E-state index in [2.05, 4.69) is 10.3 Å². The van der Waals surface area contributed by atoms with Gasteiger partial charge in [-0.05, 0) is 32.4 Å². The van der Waals surface area contributed by atoms with Crippen molar-refractivity contribution >= 4 is 23.7 Å². The summed E-state index contributed by atoms with van der Waals surface area (Å²) in [6.45, 7) is 5.17. The molecule has 110 valence electrons. The first-order valence-electron chi connectivity index (χ1n) is 5.99. The van der Waals surface area contributed by atoms with Crippen molar-refractivity contribution in [2.75, 3.05) is 0 Å². The topological polar surface area (TPSA) is 88.5 Å². The fourth-order valence-electron chi connectivity index (χ4n) is 1.50. The smallest absolute Gasteiger partial charge is 0.408 e. The molecule has 0 spiro atoms. The van der Waals surface area contributed by atoms with E-state index in [-0.39, 0.29) is 6.42 Å². The van der Waals surface area contributed by atoms with Crippen molar-refractivity contribution in [2.45, 2.75) is 38.8 Å². The first-order chi connectivity index (χ1) is 9.17. The summed E-state index contributed by atoms with van der Waals surface area (Å²) in [6, 6.07) is 0.799. The number of alkyl carbamates (subject to hydrolysis) is 1. The molecule has 1 atom stereocenters. The van der Waals surface area contributed by atoms with E-state index in [4.69, 9.17) is 21.4 Å². The van der Waals surface area contributed by atoms with E-state index in [1.54, 1.807) is 26.8 Å². The van der Waals surface area contributed by atoms with Crippen molar-refractivity contribution in [3.63, 3.8) is 0 Å². The number of carbonyl (C=O) groups is 2. The molecule has 2 N–H and O–H groups in total. The first-order valence-corrected chi connectivity index (χ1v) is 6.37. The lowest BCUT2D eigenvalue weighted by atomic mass is 10.1. The molecule has 0 saturated carbocycles. The maximum atomic E-state index is 11.7. The third-order valence-electron chi connectivity index (χ3n) is 2.20. The van der Waals surface area contributed by atoms with Crippen LogP contribution in [0.3, 0.4) is 0 Å². The maximum absolute atomic E-state index is 11.7. The predicted molar refractivity (Wildman–Crippen MR) is 73.6 cm³/mol.